The Bertz CT molecular complexity index is 713. The summed E-state index contributed by atoms with van der Waals surface area (Å²) in [6.45, 7) is 4.30. The fourth-order valence-electron chi connectivity index (χ4n) is 4.37. The first kappa shape index (κ1) is 14.5. The van der Waals surface area contributed by atoms with Gasteiger partial charge in [-0.25, -0.2) is 0 Å². The minimum absolute atomic E-state index is 0.0284. The van der Waals surface area contributed by atoms with Gasteiger partial charge in [0.25, 0.3) is 0 Å². The monoisotopic (exact) mass is 313 g/mol. The number of aliphatic carboxylic acids is 1. The number of carbonyl (C=O) groups is 2. The molecule has 0 saturated carbocycles. The van der Waals surface area contributed by atoms with Crippen LogP contribution in [0.15, 0.2) is 42.5 Å². The Morgan fingerprint density at radius 2 is 2.00 bits per heavy atom. The fraction of sp³-hybridized carbons (Fsp3) is 0.444. The minimum Gasteiger partial charge on any atom is -0.481 e. The maximum absolute atomic E-state index is 12.9. The second kappa shape index (κ2) is 4.45. The van der Waals surface area contributed by atoms with Gasteiger partial charge < -0.3 is 14.7 Å². The van der Waals surface area contributed by atoms with Crippen LogP contribution in [0.25, 0.3) is 0 Å². The largest absolute Gasteiger partial charge is 0.481 e. The first-order valence-electron chi connectivity index (χ1n) is 7.91. The van der Waals surface area contributed by atoms with E-state index in [1.54, 1.807) is 4.90 Å². The van der Waals surface area contributed by atoms with E-state index in [4.69, 9.17) is 4.74 Å². The van der Waals surface area contributed by atoms with Gasteiger partial charge in [0.1, 0.15) is 17.1 Å². The highest BCUT2D eigenvalue weighted by Gasteiger charge is 2.73. The molecule has 1 N–H and O–H groups in total. The fourth-order valence-corrected chi connectivity index (χ4v) is 4.37. The van der Waals surface area contributed by atoms with Gasteiger partial charge in [0.2, 0.25) is 5.91 Å². The number of likely N-dealkylation sites (tertiary alicyclic amines) is 1. The van der Waals surface area contributed by atoms with Gasteiger partial charge in [-0.1, -0.05) is 36.4 Å². The van der Waals surface area contributed by atoms with Gasteiger partial charge in [0.05, 0.1) is 12.5 Å². The topological polar surface area (TPSA) is 66.8 Å². The van der Waals surface area contributed by atoms with Gasteiger partial charge in [-0.2, -0.15) is 0 Å². The molecule has 2 bridgehead atoms. The Hall–Kier alpha value is -2.14. The van der Waals surface area contributed by atoms with Crippen molar-refractivity contribution in [3.63, 3.8) is 0 Å². The summed E-state index contributed by atoms with van der Waals surface area (Å²) in [5.41, 5.74) is -1.07. The zero-order valence-electron chi connectivity index (χ0n) is 13.1. The quantitative estimate of drug-likeness (QED) is 0.864. The summed E-state index contributed by atoms with van der Waals surface area (Å²) in [4.78, 5) is 26.6. The summed E-state index contributed by atoms with van der Waals surface area (Å²) < 4.78 is 6.33. The average molecular weight is 313 g/mol. The highest BCUT2D eigenvalue weighted by atomic mass is 16.5. The molecule has 4 unspecified atom stereocenters. The molecule has 0 aromatic heterocycles. The van der Waals surface area contributed by atoms with Crippen molar-refractivity contribution in [2.75, 3.05) is 6.54 Å². The van der Waals surface area contributed by atoms with Gasteiger partial charge in [0.15, 0.2) is 0 Å². The molecule has 0 radical (unpaired) electrons. The Balaban J connectivity index is 1.85. The summed E-state index contributed by atoms with van der Waals surface area (Å²) in [5.74, 6) is -2.66. The van der Waals surface area contributed by atoms with Crippen molar-refractivity contribution in [2.45, 2.75) is 31.1 Å². The zero-order valence-corrected chi connectivity index (χ0v) is 13.1. The van der Waals surface area contributed by atoms with E-state index in [2.05, 4.69) is 0 Å². The van der Waals surface area contributed by atoms with Crippen LogP contribution in [0.4, 0.5) is 0 Å². The summed E-state index contributed by atoms with van der Waals surface area (Å²) in [6.07, 6.45) is 3.75. The molecule has 23 heavy (non-hydrogen) atoms. The Morgan fingerprint density at radius 1 is 1.30 bits per heavy atom. The molecule has 5 nitrogen and oxygen atoms in total. The van der Waals surface area contributed by atoms with Crippen molar-refractivity contribution in [2.24, 2.45) is 11.8 Å². The molecule has 1 aromatic carbocycles. The van der Waals surface area contributed by atoms with Gasteiger partial charge >= 0.3 is 5.97 Å². The van der Waals surface area contributed by atoms with Crippen molar-refractivity contribution >= 4 is 11.9 Å². The predicted octanol–water partition coefficient (Wildman–Crippen LogP) is 1.79. The number of hydrogen-bond acceptors (Lipinski definition) is 3. The number of benzene rings is 1. The average Bonchev–Trinajstić information content (AvgIpc) is 3.13. The lowest BCUT2D eigenvalue weighted by molar-refractivity contribution is -0.152. The van der Waals surface area contributed by atoms with E-state index in [0.29, 0.717) is 6.54 Å². The number of amides is 1. The third-order valence-electron chi connectivity index (χ3n) is 5.37. The van der Waals surface area contributed by atoms with Gasteiger partial charge in [0, 0.05) is 6.04 Å². The SMILES string of the molecule is CC(C)N1CC23C=CC(c4ccccc4)(O2)C(C(=O)O)C3C1=O. The van der Waals surface area contributed by atoms with Crippen LogP contribution in [0.1, 0.15) is 19.4 Å². The molecular weight excluding hydrogens is 294 g/mol. The molecule has 3 heterocycles. The Kier molecular flexibility index (Phi) is 2.79. The highest BCUT2D eigenvalue weighted by molar-refractivity contribution is 5.91. The number of ether oxygens (including phenoxy) is 1. The standard InChI is InChI=1S/C18H19NO4/c1-11(2)19-10-17-8-9-18(23-17,12-6-4-3-5-7-12)14(16(21)22)13(17)15(19)20/h3-9,11,13-14H,10H2,1-2H3,(H,21,22). The lowest BCUT2D eigenvalue weighted by atomic mass is 9.69. The van der Waals surface area contributed by atoms with Crippen LogP contribution in [0, 0.1) is 11.8 Å². The maximum Gasteiger partial charge on any atom is 0.311 e. The van der Waals surface area contributed by atoms with Crippen molar-refractivity contribution < 1.29 is 19.4 Å². The third-order valence-corrected chi connectivity index (χ3v) is 5.37. The predicted molar refractivity (Wildman–Crippen MR) is 82.5 cm³/mol. The van der Waals surface area contributed by atoms with E-state index in [1.165, 1.54) is 0 Å². The second-order valence-corrected chi connectivity index (χ2v) is 6.90. The second-order valence-electron chi connectivity index (χ2n) is 6.90. The van der Waals surface area contributed by atoms with E-state index < -0.39 is 29.0 Å². The van der Waals surface area contributed by atoms with Crippen LogP contribution in [0.2, 0.25) is 0 Å². The van der Waals surface area contributed by atoms with E-state index in [0.717, 1.165) is 5.56 Å². The molecule has 120 valence electrons. The van der Waals surface area contributed by atoms with E-state index in [9.17, 15) is 14.7 Å². The van der Waals surface area contributed by atoms with E-state index >= 15 is 0 Å². The van der Waals surface area contributed by atoms with Crippen LogP contribution in [-0.4, -0.2) is 40.1 Å². The molecule has 1 spiro atoms. The molecule has 2 saturated heterocycles. The zero-order chi connectivity index (χ0) is 16.4. The molecule has 4 rings (SSSR count). The number of carbonyl (C=O) groups excluding carboxylic acids is 1. The van der Waals surface area contributed by atoms with Crippen molar-refractivity contribution in [1.82, 2.24) is 4.90 Å². The molecule has 0 aliphatic carbocycles. The summed E-state index contributed by atoms with van der Waals surface area (Å²) in [6, 6.07) is 9.37. The Labute approximate surface area is 134 Å². The number of carboxylic acids is 1. The molecule has 5 heteroatoms. The molecular formula is C18H19NO4. The Morgan fingerprint density at radius 3 is 2.61 bits per heavy atom. The number of hydrogen-bond donors (Lipinski definition) is 1. The maximum atomic E-state index is 12.9. The lowest BCUT2D eigenvalue weighted by Crippen LogP contribution is -2.44. The van der Waals surface area contributed by atoms with Crippen LogP contribution < -0.4 is 0 Å². The number of rotatable bonds is 3. The third kappa shape index (κ3) is 1.66. The summed E-state index contributed by atoms with van der Waals surface area (Å²) in [5, 5.41) is 9.86. The summed E-state index contributed by atoms with van der Waals surface area (Å²) in [7, 11) is 0. The van der Waals surface area contributed by atoms with Crippen LogP contribution in [0.3, 0.4) is 0 Å². The normalized spacial score (nSPS) is 37.7. The molecule has 1 amide bonds. The van der Waals surface area contributed by atoms with Crippen LogP contribution in [0.5, 0.6) is 0 Å². The first-order chi connectivity index (χ1) is 10.9. The smallest absolute Gasteiger partial charge is 0.311 e. The van der Waals surface area contributed by atoms with Crippen molar-refractivity contribution in [3.8, 4) is 0 Å². The highest BCUT2D eigenvalue weighted by Crippen LogP contribution is 2.61. The molecule has 1 aromatic rings. The summed E-state index contributed by atoms with van der Waals surface area (Å²) >= 11 is 0. The number of fused-ring (bicyclic) bond motifs is 1. The minimum atomic E-state index is -1.05. The van der Waals surface area contributed by atoms with Crippen LogP contribution in [-0.2, 0) is 19.9 Å². The molecule has 3 aliphatic rings. The van der Waals surface area contributed by atoms with Crippen LogP contribution >= 0.6 is 0 Å². The van der Waals surface area contributed by atoms with E-state index in [-0.39, 0.29) is 11.9 Å². The van der Waals surface area contributed by atoms with Gasteiger partial charge in [-0.15, -0.1) is 0 Å². The number of carboxylic acid groups (broad SMARTS) is 1. The molecule has 3 aliphatic heterocycles. The van der Waals surface area contributed by atoms with Gasteiger partial charge in [-0.05, 0) is 25.5 Å². The molecule has 4 atom stereocenters. The van der Waals surface area contributed by atoms with Crippen molar-refractivity contribution in [1.29, 1.82) is 0 Å². The molecule has 2 fully saturated rings. The van der Waals surface area contributed by atoms with Gasteiger partial charge in [-0.3, -0.25) is 9.59 Å². The number of nitrogens with zero attached hydrogens (tertiary/aromatic N) is 1. The lowest BCUT2D eigenvalue weighted by Gasteiger charge is -2.32. The first-order valence-corrected chi connectivity index (χ1v) is 7.91. The van der Waals surface area contributed by atoms with Crippen molar-refractivity contribution in [3.05, 3.63) is 48.0 Å². The van der Waals surface area contributed by atoms with E-state index in [1.807, 2.05) is 56.3 Å².